The van der Waals surface area contributed by atoms with Gasteiger partial charge in [0.25, 0.3) is 5.69 Å². The maximum Gasteiger partial charge on any atom is 0.269 e. The Balaban J connectivity index is 2.51. The van der Waals surface area contributed by atoms with Crippen molar-refractivity contribution in [3.05, 3.63) is 69.0 Å². The number of nitrogens with one attached hydrogen (secondary N) is 1. The molecule has 0 saturated heterocycles. The Bertz CT molecular complexity index is 983. The van der Waals surface area contributed by atoms with Crippen LogP contribution in [-0.4, -0.2) is 19.9 Å². The molecule has 0 spiro atoms. The molecule has 0 aliphatic carbocycles. The van der Waals surface area contributed by atoms with Crippen molar-refractivity contribution in [3.8, 4) is 0 Å². The van der Waals surface area contributed by atoms with Crippen LogP contribution in [0.15, 0.2) is 35.2 Å². The Morgan fingerprint density at radius 1 is 1.15 bits per heavy atom. The SMILES string of the molecule is CCNS(=O)(=O)c1ccc([N+](=O)[O-])cc1C[C@H](N)c1cc(F)c(F)cc1F. The molecule has 146 valence electrons. The van der Waals surface area contributed by atoms with Gasteiger partial charge in [0.15, 0.2) is 11.6 Å². The number of nitro benzene ring substituents is 1. The number of hydrogen-bond donors (Lipinski definition) is 2. The molecule has 0 amide bonds. The van der Waals surface area contributed by atoms with E-state index in [-0.39, 0.29) is 29.0 Å². The Morgan fingerprint density at radius 2 is 1.78 bits per heavy atom. The first-order chi connectivity index (χ1) is 12.6. The van der Waals surface area contributed by atoms with Crippen LogP contribution >= 0.6 is 0 Å². The Kier molecular flexibility index (Phi) is 6.19. The molecule has 0 aliphatic heterocycles. The third-order valence-corrected chi connectivity index (χ3v) is 5.40. The Hall–Kier alpha value is -2.50. The van der Waals surface area contributed by atoms with Crippen molar-refractivity contribution in [1.82, 2.24) is 4.72 Å². The van der Waals surface area contributed by atoms with Crippen molar-refractivity contribution in [3.63, 3.8) is 0 Å². The molecule has 0 unspecified atom stereocenters. The van der Waals surface area contributed by atoms with Crippen molar-refractivity contribution in [2.45, 2.75) is 24.3 Å². The van der Waals surface area contributed by atoms with Crippen molar-refractivity contribution < 1.29 is 26.5 Å². The lowest BCUT2D eigenvalue weighted by molar-refractivity contribution is -0.385. The smallest absolute Gasteiger partial charge is 0.269 e. The molecule has 7 nitrogen and oxygen atoms in total. The summed E-state index contributed by atoms with van der Waals surface area (Å²) in [6.07, 6.45) is -0.358. The van der Waals surface area contributed by atoms with Crippen molar-refractivity contribution in [1.29, 1.82) is 0 Å². The van der Waals surface area contributed by atoms with Gasteiger partial charge in [-0.3, -0.25) is 10.1 Å². The minimum absolute atomic E-state index is 0.0539. The van der Waals surface area contributed by atoms with Crippen LogP contribution in [0, 0.1) is 27.6 Å². The highest BCUT2D eigenvalue weighted by Gasteiger charge is 2.24. The van der Waals surface area contributed by atoms with Crippen LogP contribution in [-0.2, 0) is 16.4 Å². The van der Waals surface area contributed by atoms with E-state index in [1.54, 1.807) is 6.92 Å². The zero-order chi connectivity index (χ0) is 20.4. The van der Waals surface area contributed by atoms with Gasteiger partial charge in [0.2, 0.25) is 10.0 Å². The molecular formula is C16H16F3N3O4S. The second-order valence-electron chi connectivity index (χ2n) is 5.65. The molecule has 2 rings (SSSR count). The quantitative estimate of drug-likeness (QED) is 0.419. The summed E-state index contributed by atoms with van der Waals surface area (Å²) in [4.78, 5) is 9.99. The van der Waals surface area contributed by atoms with Gasteiger partial charge in [-0.2, -0.15) is 0 Å². The molecule has 0 aromatic heterocycles. The van der Waals surface area contributed by atoms with Crippen LogP contribution in [0.2, 0.25) is 0 Å². The van der Waals surface area contributed by atoms with Gasteiger partial charge in [-0.05, 0) is 24.1 Å². The number of nitro groups is 1. The zero-order valence-corrected chi connectivity index (χ0v) is 14.9. The number of non-ortho nitro benzene ring substituents is 1. The monoisotopic (exact) mass is 403 g/mol. The fourth-order valence-corrected chi connectivity index (χ4v) is 3.81. The van der Waals surface area contributed by atoms with Crippen molar-refractivity contribution in [2.24, 2.45) is 5.73 Å². The second-order valence-corrected chi connectivity index (χ2v) is 7.38. The predicted octanol–water partition coefficient (Wildman–Crippen LogP) is 2.55. The molecule has 0 heterocycles. The third kappa shape index (κ3) is 4.62. The van der Waals surface area contributed by atoms with Crippen LogP contribution < -0.4 is 10.5 Å². The van der Waals surface area contributed by atoms with Gasteiger partial charge in [0, 0.05) is 36.3 Å². The van der Waals surface area contributed by atoms with Crippen molar-refractivity contribution >= 4 is 15.7 Å². The van der Waals surface area contributed by atoms with E-state index in [1.807, 2.05) is 0 Å². The maximum atomic E-state index is 13.9. The molecule has 1 atom stereocenters. The summed E-state index contributed by atoms with van der Waals surface area (Å²) in [5.74, 6) is -3.82. The van der Waals surface area contributed by atoms with Crippen molar-refractivity contribution in [2.75, 3.05) is 6.54 Å². The molecule has 27 heavy (non-hydrogen) atoms. The molecule has 0 fully saturated rings. The van der Waals surface area contributed by atoms with Crippen LogP contribution in [0.25, 0.3) is 0 Å². The summed E-state index contributed by atoms with van der Waals surface area (Å²) in [5.41, 5.74) is 5.02. The summed E-state index contributed by atoms with van der Waals surface area (Å²) >= 11 is 0. The summed E-state index contributed by atoms with van der Waals surface area (Å²) in [7, 11) is -3.99. The van der Waals surface area contributed by atoms with E-state index in [0.717, 1.165) is 18.2 Å². The van der Waals surface area contributed by atoms with Gasteiger partial charge >= 0.3 is 0 Å². The van der Waals surface area contributed by atoms with E-state index in [0.29, 0.717) is 12.1 Å². The maximum absolute atomic E-state index is 13.9. The molecule has 3 N–H and O–H groups in total. The lowest BCUT2D eigenvalue weighted by Crippen LogP contribution is -2.25. The fourth-order valence-electron chi connectivity index (χ4n) is 2.54. The minimum Gasteiger partial charge on any atom is -0.324 e. The van der Waals surface area contributed by atoms with Crippen LogP contribution in [0.1, 0.15) is 24.1 Å². The van der Waals surface area contributed by atoms with E-state index in [9.17, 15) is 31.7 Å². The highest BCUT2D eigenvalue weighted by molar-refractivity contribution is 7.89. The van der Waals surface area contributed by atoms with Gasteiger partial charge in [-0.1, -0.05) is 6.92 Å². The molecule has 0 bridgehead atoms. The molecule has 2 aromatic rings. The first-order valence-corrected chi connectivity index (χ1v) is 9.22. The van der Waals surface area contributed by atoms with E-state index < -0.39 is 44.1 Å². The predicted molar refractivity (Wildman–Crippen MR) is 90.9 cm³/mol. The fraction of sp³-hybridized carbons (Fsp3) is 0.250. The molecule has 2 aromatic carbocycles. The lowest BCUT2D eigenvalue weighted by Gasteiger charge is -2.16. The molecule has 0 aliphatic rings. The first kappa shape index (κ1) is 20.8. The van der Waals surface area contributed by atoms with Gasteiger partial charge in [-0.15, -0.1) is 0 Å². The number of rotatable bonds is 7. The summed E-state index contributed by atoms with van der Waals surface area (Å²) in [6.45, 7) is 1.62. The zero-order valence-electron chi connectivity index (χ0n) is 14.1. The van der Waals surface area contributed by atoms with E-state index in [2.05, 4.69) is 4.72 Å². The number of sulfonamides is 1. The van der Waals surface area contributed by atoms with Crippen LogP contribution in [0.5, 0.6) is 0 Å². The van der Waals surface area contributed by atoms with Crippen LogP contribution in [0.3, 0.4) is 0 Å². The van der Waals surface area contributed by atoms with Gasteiger partial charge in [0.1, 0.15) is 5.82 Å². The summed E-state index contributed by atoms with van der Waals surface area (Å²) in [6, 6.07) is 2.69. The molecule has 0 radical (unpaired) electrons. The molecular weight excluding hydrogens is 387 g/mol. The number of nitrogens with two attached hydrogens (primary N) is 1. The Morgan fingerprint density at radius 3 is 2.37 bits per heavy atom. The number of benzene rings is 2. The summed E-state index contributed by atoms with van der Waals surface area (Å²) in [5, 5.41) is 11.0. The van der Waals surface area contributed by atoms with Crippen LogP contribution in [0.4, 0.5) is 18.9 Å². The lowest BCUT2D eigenvalue weighted by atomic mass is 9.98. The third-order valence-electron chi connectivity index (χ3n) is 3.76. The van der Waals surface area contributed by atoms with E-state index >= 15 is 0 Å². The minimum atomic E-state index is -3.99. The molecule has 0 saturated carbocycles. The second kappa shape index (κ2) is 8.03. The number of halogens is 3. The van der Waals surface area contributed by atoms with E-state index in [4.69, 9.17) is 5.73 Å². The normalized spacial score (nSPS) is 12.8. The summed E-state index contributed by atoms with van der Waals surface area (Å²) < 4.78 is 67.3. The average Bonchev–Trinajstić information content (AvgIpc) is 2.57. The largest absolute Gasteiger partial charge is 0.324 e. The topological polar surface area (TPSA) is 115 Å². The van der Waals surface area contributed by atoms with Gasteiger partial charge < -0.3 is 5.73 Å². The van der Waals surface area contributed by atoms with Gasteiger partial charge in [-0.25, -0.2) is 26.3 Å². The highest BCUT2D eigenvalue weighted by Crippen LogP contribution is 2.28. The highest BCUT2D eigenvalue weighted by atomic mass is 32.2. The average molecular weight is 403 g/mol. The first-order valence-electron chi connectivity index (χ1n) is 7.73. The number of hydrogen-bond acceptors (Lipinski definition) is 5. The van der Waals surface area contributed by atoms with E-state index in [1.165, 1.54) is 0 Å². The Labute approximate surface area is 153 Å². The molecule has 11 heteroatoms. The number of nitrogens with zero attached hydrogens (tertiary/aromatic N) is 1. The standard InChI is InChI=1S/C16H16F3N3O4S/c1-2-21-27(25,26)16-4-3-10(22(23)24)5-9(16)6-15(20)11-7-13(18)14(19)8-12(11)17/h3-5,7-8,15,21H,2,6,20H2,1H3/t15-/m0/s1. The van der Waals surface area contributed by atoms with Gasteiger partial charge in [0.05, 0.1) is 9.82 Å².